The number of aliphatic hydroxyl groups is 5. The highest BCUT2D eigenvalue weighted by Crippen LogP contribution is 2.23. The summed E-state index contributed by atoms with van der Waals surface area (Å²) < 4.78 is 11.2. The van der Waals surface area contributed by atoms with Crippen LogP contribution in [-0.4, -0.2) is 87.5 Å². The number of hydrogen-bond donors (Lipinski definition) is 6. The summed E-state index contributed by atoms with van der Waals surface area (Å²) >= 11 is 0. The fourth-order valence-corrected chi connectivity index (χ4v) is 8.25. The van der Waals surface area contributed by atoms with Crippen molar-refractivity contribution in [1.29, 1.82) is 0 Å². The Morgan fingerprint density at radius 1 is 0.507 bits per heavy atom. The van der Waals surface area contributed by atoms with Crippen LogP contribution in [0.2, 0.25) is 0 Å². The van der Waals surface area contributed by atoms with Crippen LogP contribution in [0.3, 0.4) is 0 Å². The van der Waals surface area contributed by atoms with E-state index in [1.165, 1.54) is 116 Å². The topological polar surface area (TPSA) is 149 Å². The molecule has 0 spiro atoms. The number of hydrogen-bond acceptors (Lipinski definition) is 8. The summed E-state index contributed by atoms with van der Waals surface area (Å²) in [4.78, 5) is 13.0. The van der Waals surface area contributed by atoms with Crippen LogP contribution in [0.1, 0.15) is 219 Å². The van der Waals surface area contributed by atoms with Gasteiger partial charge in [-0.2, -0.15) is 0 Å². The Hall–Kier alpha value is -2.89. The number of aliphatic hydroxyl groups excluding tert-OH is 5. The monoisotopic (exact) mass is 966 g/mol. The molecule has 1 saturated heterocycles. The number of ether oxygens (including phenoxy) is 2. The van der Waals surface area contributed by atoms with Gasteiger partial charge < -0.3 is 40.3 Å². The normalized spacial score (nSPS) is 20.2. The first kappa shape index (κ1) is 64.1. The van der Waals surface area contributed by atoms with Gasteiger partial charge in [0.1, 0.15) is 24.4 Å². The van der Waals surface area contributed by atoms with Crippen molar-refractivity contribution in [3.05, 3.63) is 97.2 Å². The summed E-state index contributed by atoms with van der Waals surface area (Å²) in [7, 11) is 0. The lowest BCUT2D eigenvalue weighted by molar-refractivity contribution is -0.302. The molecule has 7 unspecified atom stereocenters. The molecule has 0 aromatic carbocycles. The number of allylic oxidation sites excluding steroid dienone is 15. The van der Waals surface area contributed by atoms with E-state index in [9.17, 15) is 30.3 Å². The summed E-state index contributed by atoms with van der Waals surface area (Å²) in [5, 5.41) is 54.2. The molecule has 6 N–H and O–H groups in total. The predicted molar refractivity (Wildman–Crippen MR) is 290 cm³/mol. The molecule has 1 amide bonds. The average molecular weight is 966 g/mol. The molecule has 0 radical (unpaired) electrons. The van der Waals surface area contributed by atoms with E-state index in [0.29, 0.717) is 6.42 Å². The van der Waals surface area contributed by atoms with E-state index in [-0.39, 0.29) is 12.5 Å². The van der Waals surface area contributed by atoms with Gasteiger partial charge in [0, 0.05) is 6.42 Å². The van der Waals surface area contributed by atoms with Crippen LogP contribution in [0, 0.1) is 0 Å². The zero-order valence-corrected chi connectivity index (χ0v) is 43.8. The van der Waals surface area contributed by atoms with Crippen LogP contribution in [0.15, 0.2) is 97.2 Å². The van der Waals surface area contributed by atoms with Crippen molar-refractivity contribution >= 4 is 5.91 Å². The van der Waals surface area contributed by atoms with E-state index in [1.807, 2.05) is 6.08 Å². The standard InChI is InChI=1S/C60H103NO8/c1-3-5-7-9-11-13-14-15-16-17-18-19-20-21-22-23-24-25-26-27-28-29-30-31-32-33-34-35-36-37-38-39-40-42-44-46-48-50-56(64)61-53(54(63)49-47-45-43-41-12-10-8-6-4-2)52-68-60-59(67)58(66)57(65)55(51-62)69-60/h5,7,11,13,15-16,18-19,21-22,24-25,27-28,47,49,53-55,57-60,62-63,65-67H,3-4,6,8-10,12,14,17,20,23,26,29-46,48,50-52H2,1-2H3,(H,61,64)/b7-5-,13-11-,16-15-,19-18-,22-21-,25-24-,28-27-,49-47+. The van der Waals surface area contributed by atoms with Crippen molar-refractivity contribution in [3.8, 4) is 0 Å². The van der Waals surface area contributed by atoms with Crippen LogP contribution in [0.5, 0.6) is 0 Å². The molecular formula is C60H103NO8. The summed E-state index contributed by atoms with van der Waals surface area (Å²) in [6.45, 7) is 3.62. The molecule has 1 aliphatic rings. The van der Waals surface area contributed by atoms with Crippen LogP contribution in [0.25, 0.3) is 0 Å². The maximum absolute atomic E-state index is 13.0. The summed E-state index contributed by atoms with van der Waals surface area (Å²) in [5.74, 6) is -0.183. The molecule has 0 aromatic heterocycles. The van der Waals surface area contributed by atoms with E-state index < -0.39 is 49.5 Å². The molecule has 0 saturated carbocycles. The molecule has 1 fully saturated rings. The van der Waals surface area contributed by atoms with Crippen molar-refractivity contribution in [1.82, 2.24) is 5.32 Å². The highest BCUT2D eigenvalue weighted by Gasteiger charge is 2.44. The lowest BCUT2D eigenvalue weighted by Crippen LogP contribution is -2.60. The van der Waals surface area contributed by atoms with Gasteiger partial charge in [0.25, 0.3) is 0 Å². The number of carbonyl (C=O) groups excluding carboxylic acids is 1. The van der Waals surface area contributed by atoms with Gasteiger partial charge in [0.2, 0.25) is 5.91 Å². The van der Waals surface area contributed by atoms with E-state index >= 15 is 0 Å². The molecule has 0 aromatic rings. The molecule has 1 aliphatic heterocycles. The van der Waals surface area contributed by atoms with Crippen molar-refractivity contribution in [2.24, 2.45) is 0 Å². The molecule has 9 heteroatoms. The van der Waals surface area contributed by atoms with E-state index in [0.717, 1.165) is 83.5 Å². The lowest BCUT2D eigenvalue weighted by Gasteiger charge is -2.40. The smallest absolute Gasteiger partial charge is 0.220 e. The maximum Gasteiger partial charge on any atom is 0.220 e. The molecule has 1 rings (SSSR count). The quantitative estimate of drug-likeness (QED) is 0.0261. The SMILES string of the molecule is CC/C=C\C/C=C\C/C=C\C/C=C\C/C=C\C/C=C\C/C=C\CCCCCCCCCCCCCCCCCC(=O)NC(COC1OC(CO)C(O)C(O)C1O)C(O)/C=C/CCCCCCCCC. The van der Waals surface area contributed by atoms with Gasteiger partial charge in [-0.25, -0.2) is 0 Å². The molecule has 0 bridgehead atoms. The summed E-state index contributed by atoms with van der Waals surface area (Å²) in [5.41, 5.74) is 0. The van der Waals surface area contributed by atoms with Gasteiger partial charge >= 0.3 is 0 Å². The zero-order chi connectivity index (χ0) is 50.1. The van der Waals surface area contributed by atoms with Gasteiger partial charge in [0.15, 0.2) is 6.29 Å². The Kier molecular flexibility index (Phi) is 45.3. The Labute approximate surface area is 422 Å². The van der Waals surface area contributed by atoms with Gasteiger partial charge in [-0.05, 0) is 77.0 Å². The minimum absolute atomic E-state index is 0.183. The average Bonchev–Trinajstić information content (AvgIpc) is 3.35. The number of nitrogens with one attached hydrogen (secondary N) is 1. The van der Waals surface area contributed by atoms with E-state index in [4.69, 9.17) is 9.47 Å². The third-order valence-corrected chi connectivity index (χ3v) is 12.7. The third-order valence-electron chi connectivity index (χ3n) is 12.7. The second-order valence-corrected chi connectivity index (χ2v) is 19.0. The summed E-state index contributed by atoms with van der Waals surface area (Å²) in [6, 6.07) is -0.807. The van der Waals surface area contributed by atoms with E-state index in [1.54, 1.807) is 6.08 Å². The van der Waals surface area contributed by atoms with Gasteiger partial charge in [-0.15, -0.1) is 0 Å². The second-order valence-electron chi connectivity index (χ2n) is 19.0. The van der Waals surface area contributed by atoms with Gasteiger partial charge in [-0.1, -0.05) is 233 Å². The maximum atomic E-state index is 13.0. The van der Waals surface area contributed by atoms with Crippen molar-refractivity contribution in [2.75, 3.05) is 13.2 Å². The number of rotatable bonds is 46. The fraction of sp³-hybridized carbons (Fsp3) is 0.717. The largest absolute Gasteiger partial charge is 0.394 e. The molecular weight excluding hydrogens is 863 g/mol. The Balaban J connectivity index is 2.08. The fourth-order valence-electron chi connectivity index (χ4n) is 8.25. The highest BCUT2D eigenvalue weighted by atomic mass is 16.7. The number of carbonyl (C=O) groups is 1. The molecule has 0 aliphatic carbocycles. The van der Waals surface area contributed by atoms with E-state index in [2.05, 4.69) is 104 Å². The van der Waals surface area contributed by atoms with Gasteiger partial charge in [-0.3, -0.25) is 4.79 Å². The Morgan fingerprint density at radius 3 is 1.33 bits per heavy atom. The number of unbranched alkanes of at least 4 members (excludes halogenated alkanes) is 22. The van der Waals surface area contributed by atoms with Crippen LogP contribution in [-0.2, 0) is 14.3 Å². The molecule has 396 valence electrons. The lowest BCUT2D eigenvalue weighted by atomic mass is 9.99. The first-order chi connectivity index (χ1) is 33.8. The first-order valence-electron chi connectivity index (χ1n) is 28.0. The Morgan fingerprint density at radius 2 is 0.899 bits per heavy atom. The third kappa shape index (κ3) is 38.5. The molecule has 69 heavy (non-hydrogen) atoms. The first-order valence-corrected chi connectivity index (χ1v) is 28.0. The van der Waals surface area contributed by atoms with Crippen LogP contribution in [0.4, 0.5) is 0 Å². The zero-order valence-electron chi connectivity index (χ0n) is 43.8. The van der Waals surface area contributed by atoms with Crippen LogP contribution < -0.4 is 5.32 Å². The highest BCUT2D eigenvalue weighted by molar-refractivity contribution is 5.76. The predicted octanol–water partition coefficient (Wildman–Crippen LogP) is 13.6. The Bertz CT molecular complexity index is 1400. The van der Waals surface area contributed by atoms with Gasteiger partial charge in [0.05, 0.1) is 25.4 Å². The molecule has 9 nitrogen and oxygen atoms in total. The van der Waals surface area contributed by atoms with Crippen molar-refractivity contribution in [2.45, 2.75) is 262 Å². The molecule has 7 atom stereocenters. The second kappa shape index (κ2) is 48.7. The molecule has 1 heterocycles. The minimum atomic E-state index is -1.57. The van der Waals surface area contributed by atoms with Crippen molar-refractivity contribution in [3.63, 3.8) is 0 Å². The minimum Gasteiger partial charge on any atom is -0.394 e. The van der Waals surface area contributed by atoms with Crippen molar-refractivity contribution < 1.29 is 39.8 Å². The number of amides is 1. The summed E-state index contributed by atoms with van der Waals surface area (Å²) in [6.07, 6.45) is 63.5. The van der Waals surface area contributed by atoms with Crippen LogP contribution >= 0.6 is 0 Å².